The average Bonchev–Trinajstić information content (AvgIpc) is 3.10. The van der Waals surface area contributed by atoms with Gasteiger partial charge in [-0.15, -0.1) is 0 Å². The Morgan fingerprint density at radius 1 is 1.24 bits per heavy atom. The van der Waals surface area contributed by atoms with Gasteiger partial charge < -0.3 is 14.6 Å². The standard InChI is InChI=1S/C21H32O4/c1-4-9-18(22)15(3)19-12-13-20(25-19)17(5-2)21(23)24-14-16-10-7-6-8-11-16/h6-8,10-11,15,17-20,22H,4-5,9,12-14H2,1-3H3/t15-,17+,18-,19-,20+/m0/s1. The van der Waals surface area contributed by atoms with E-state index < -0.39 is 0 Å². The van der Waals surface area contributed by atoms with Crippen LogP contribution in [0.2, 0.25) is 0 Å². The molecule has 5 atom stereocenters. The number of carbonyl (C=O) groups is 1. The Hall–Kier alpha value is -1.39. The molecule has 0 aliphatic carbocycles. The second-order valence-corrected chi connectivity index (χ2v) is 7.11. The Balaban J connectivity index is 1.87. The molecule has 4 heteroatoms. The second-order valence-electron chi connectivity index (χ2n) is 7.11. The van der Waals surface area contributed by atoms with Crippen molar-refractivity contribution in [2.45, 2.75) is 77.8 Å². The summed E-state index contributed by atoms with van der Waals surface area (Å²) in [6.45, 7) is 6.42. The van der Waals surface area contributed by atoms with Crippen LogP contribution in [0.5, 0.6) is 0 Å². The zero-order chi connectivity index (χ0) is 18.2. The number of esters is 1. The Morgan fingerprint density at radius 3 is 2.56 bits per heavy atom. The third-order valence-corrected chi connectivity index (χ3v) is 5.28. The van der Waals surface area contributed by atoms with Crippen LogP contribution in [0.4, 0.5) is 0 Å². The lowest BCUT2D eigenvalue weighted by molar-refractivity contribution is -0.156. The van der Waals surface area contributed by atoms with E-state index in [9.17, 15) is 9.90 Å². The molecule has 0 unspecified atom stereocenters. The molecule has 1 N–H and O–H groups in total. The molecular weight excluding hydrogens is 316 g/mol. The van der Waals surface area contributed by atoms with E-state index in [1.807, 2.05) is 44.2 Å². The Kier molecular flexibility index (Phi) is 7.91. The first-order chi connectivity index (χ1) is 12.1. The minimum atomic E-state index is -0.334. The third kappa shape index (κ3) is 5.55. The first kappa shape index (κ1) is 19.9. The summed E-state index contributed by atoms with van der Waals surface area (Å²) < 4.78 is 11.7. The van der Waals surface area contributed by atoms with E-state index in [1.54, 1.807) is 0 Å². The van der Waals surface area contributed by atoms with Gasteiger partial charge in [0.05, 0.1) is 24.2 Å². The molecule has 0 amide bonds. The summed E-state index contributed by atoms with van der Waals surface area (Å²) in [5.41, 5.74) is 0.993. The fourth-order valence-corrected chi connectivity index (χ4v) is 3.60. The minimum Gasteiger partial charge on any atom is -0.461 e. The fraction of sp³-hybridized carbons (Fsp3) is 0.667. The highest BCUT2D eigenvalue weighted by Crippen LogP contribution is 2.33. The topological polar surface area (TPSA) is 55.8 Å². The maximum absolute atomic E-state index is 12.5. The van der Waals surface area contributed by atoms with Gasteiger partial charge in [0, 0.05) is 5.92 Å². The molecule has 0 bridgehead atoms. The third-order valence-electron chi connectivity index (χ3n) is 5.28. The van der Waals surface area contributed by atoms with Gasteiger partial charge in [-0.2, -0.15) is 0 Å². The van der Waals surface area contributed by atoms with Crippen LogP contribution < -0.4 is 0 Å². The van der Waals surface area contributed by atoms with E-state index >= 15 is 0 Å². The summed E-state index contributed by atoms with van der Waals surface area (Å²) >= 11 is 0. The van der Waals surface area contributed by atoms with Crippen LogP contribution in [0, 0.1) is 11.8 Å². The van der Waals surface area contributed by atoms with Gasteiger partial charge in [-0.1, -0.05) is 57.5 Å². The van der Waals surface area contributed by atoms with Crippen molar-refractivity contribution in [2.75, 3.05) is 0 Å². The van der Waals surface area contributed by atoms with Gasteiger partial charge in [0.25, 0.3) is 0 Å². The number of aliphatic hydroxyl groups excluding tert-OH is 1. The summed E-state index contributed by atoms with van der Waals surface area (Å²) in [5, 5.41) is 10.2. The SMILES string of the molecule is CCC[C@H](O)[C@H](C)[C@@H]1CC[C@H]([C@@H](CC)C(=O)OCc2ccccc2)O1. The molecule has 2 rings (SSSR count). The highest BCUT2D eigenvalue weighted by Gasteiger charge is 2.38. The summed E-state index contributed by atoms with van der Waals surface area (Å²) in [7, 11) is 0. The van der Waals surface area contributed by atoms with Crippen LogP contribution in [-0.4, -0.2) is 29.4 Å². The van der Waals surface area contributed by atoms with Crippen LogP contribution in [-0.2, 0) is 20.9 Å². The van der Waals surface area contributed by atoms with Crippen molar-refractivity contribution in [1.29, 1.82) is 0 Å². The Bertz CT molecular complexity index is 516. The molecule has 0 spiro atoms. The zero-order valence-electron chi connectivity index (χ0n) is 15.7. The van der Waals surface area contributed by atoms with Crippen LogP contribution in [0.1, 0.15) is 58.4 Å². The van der Waals surface area contributed by atoms with Gasteiger partial charge >= 0.3 is 5.97 Å². The van der Waals surface area contributed by atoms with Crippen molar-refractivity contribution in [3.63, 3.8) is 0 Å². The quantitative estimate of drug-likeness (QED) is 0.683. The molecule has 0 aromatic heterocycles. The van der Waals surface area contributed by atoms with Crippen LogP contribution >= 0.6 is 0 Å². The van der Waals surface area contributed by atoms with E-state index in [-0.39, 0.29) is 36.1 Å². The molecule has 1 saturated heterocycles. The van der Waals surface area contributed by atoms with Crippen molar-refractivity contribution >= 4 is 5.97 Å². The van der Waals surface area contributed by atoms with Gasteiger partial charge in [-0.05, 0) is 31.2 Å². The molecule has 25 heavy (non-hydrogen) atoms. The van der Waals surface area contributed by atoms with Crippen molar-refractivity contribution in [3.8, 4) is 0 Å². The van der Waals surface area contributed by atoms with Crippen molar-refractivity contribution < 1.29 is 19.4 Å². The summed E-state index contributed by atoms with van der Waals surface area (Å²) in [6, 6.07) is 9.73. The van der Waals surface area contributed by atoms with E-state index in [1.165, 1.54) is 0 Å². The maximum atomic E-state index is 12.5. The van der Waals surface area contributed by atoms with E-state index in [0.29, 0.717) is 13.0 Å². The molecule has 1 aliphatic heterocycles. The molecule has 0 radical (unpaired) electrons. The maximum Gasteiger partial charge on any atom is 0.311 e. The highest BCUT2D eigenvalue weighted by molar-refractivity contribution is 5.73. The van der Waals surface area contributed by atoms with Crippen LogP contribution in [0.3, 0.4) is 0 Å². The van der Waals surface area contributed by atoms with Gasteiger partial charge in [-0.3, -0.25) is 4.79 Å². The summed E-state index contributed by atoms with van der Waals surface area (Å²) in [6.07, 6.45) is 3.81. The first-order valence-corrected chi connectivity index (χ1v) is 9.60. The van der Waals surface area contributed by atoms with Gasteiger partial charge in [-0.25, -0.2) is 0 Å². The van der Waals surface area contributed by atoms with Crippen molar-refractivity contribution in [1.82, 2.24) is 0 Å². The Labute approximate surface area is 151 Å². The lowest BCUT2D eigenvalue weighted by Crippen LogP contribution is -2.33. The number of benzene rings is 1. The van der Waals surface area contributed by atoms with Crippen molar-refractivity contribution in [2.24, 2.45) is 11.8 Å². The lowest BCUT2D eigenvalue weighted by Gasteiger charge is -2.26. The van der Waals surface area contributed by atoms with Crippen molar-refractivity contribution in [3.05, 3.63) is 35.9 Å². The predicted octanol–water partition coefficient (Wildman–Crippen LogP) is 4.10. The first-order valence-electron chi connectivity index (χ1n) is 9.60. The van der Waals surface area contributed by atoms with Crippen LogP contribution in [0.15, 0.2) is 30.3 Å². The monoisotopic (exact) mass is 348 g/mol. The molecule has 4 nitrogen and oxygen atoms in total. The molecule has 140 valence electrons. The van der Waals surface area contributed by atoms with Gasteiger partial charge in [0.2, 0.25) is 0 Å². The van der Waals surface area contributed by atoms with E-state index in [2.05, 4.69) is 6.92 Å². The molecule has 1 fully saturated rings. The zero-order valence-corrected chi connectivity index (χ0v) is 15.7. The Morgan fingerprint density at radius 2 is 1.92 bits per heavy atom. The lowest BCUT2D eigenvalue weighted by atomic mass is 9.92. The second kappa shape index (κ2) is 9.93. The predicted molar refractivity (Wildman–Crippen MR) is 98.0 cm³/mol. The normalized spacial score (nSPS) is 23.8. The van der Waals surface area contributed by atoms with Gasteiger partial charge in [0.1, 0.15) is 6.61 Å². The number of rotatable bonds is 9. The molecule has 1 aromatic rings. The number of ether oxygens (including phenoxy) is 2. The largest absolute Gasteiger partial charge is 0.461 e. The fourth-order valence-electron chi connectivity index (χ4n) is 3.60. The average molecular weight is 348 g/mol. The summed E-state index contributed by atoms with van der Waals surface area (Å²) in [4.78, 5) is 12.5. The molecule has 1 aliphatic rings. The smallest absolute Gasteiger partial charge is 0.311 e. The number of aliphatic hydroxyl groups is 1. The summed E-state index contributed by atoms with van der Waals surface area (Å²) in [5.74, 6) is -0.314. The molecule has 1 heterocycles. The van der Waals surface area contributed by atoms with E-state index in [0.717, 1.165) is 31.2 Å². The van der Waals surface area contributed by atoms with E-state index in [4.69, 9.17) is 9.47 Å². The molecule has 1 aromatic carbocycles. The minimum absolute atomic E-state index is 0.0301. The number of hydrogen-bond donors (Lipinski definition) is 1. The number of hydrogen-bond acceptors (Lipinski definition) is 4. The van der Waals surface area contributed by atoms with Gasteiger partial charge in [0.15, 0.2) is 0 Å². The number of carbonyl (C=O) groups excluding carboxylic acids is 1. The molecule has 0 saturated carbocycles. The van der Waals surface area contributed by atoms with Crippen LogP contribution in [0.25, 0.3) is 0 Å². The highest BCUT2D eigenvalue weighted by atomic mass is 16.5. The molecular formula is C21H32O4.